The molecule has 0 unspecified atom stereocenters. The lowest BCUT2D eigenvalue weighted by Gasteiger charge is -2.17. The van der Waals surface area contributed by atoms with Gasteiger partial charge in [0.1, 0.15) is 0 Å². The minimum absolute atomic E-state index is 0.540. The highest BCUT2D eigenvalue weighted by atomic mass is 79.9. The number of halogens is 2. The molecule has 0 aliphatic carbocycles. The summed E-state index contributed by atoms with van der Waals surface area (Å²) in [6, 6.07) is 1.85. The maximum Gasteiger partial charge on any atom is 0.175 e. The van der Waals surface area contributed by atoms with Gasteiger partial charge in [-0.1, -0.05) is 0 Å². The summed E-state index contributed by atoms with van der Waals surface area (Å²) in [5.74, 6) is 1.95. The average molecular weight is 340 g/mol. The normalized spacial score (nSPS) is 18.7. The quantitative estimate of drug-likeness (QED) is 0.788. The fraction of sp³-hybridized carbons (Fsp3) is 0.375. The molecule has 76 valence electrons. The molecule has 1 aliphatic rings. The third kappa shape index (κ3) is 2.17. The van der Waals surface area contributed by atoms with Crippen LogP contribution in [0.5, 0.6) is 0 Å². The summed E-state index contributed by atoms with van der Waals surface area (Å²) in [4.78, 5) is 4.11. The Kier molecular flexibility index (Phi) is 2.95. The molecule has 0 atom stereocenters. The van der Waals surface area contributed by atoms with Crippen LogP contribution in [0.4, 0.5) is 5.82 Å². The van der Waals surface area contributed by atoms with Crippen LogP contribution in [-0.4, -0.2) is 20.7 Å². The van der Waals surface area contributed by atoms with Gasteiger partial charge in [0.15, 0.2) is 5.82 Å². The van der Waals surface area contributed by atoms with Crippen LogP contribution < -0.4 is 0 Å². The molecule has 6 heteroatoms. The second-order valence-electron chi connectivity index (χ2n) is 3.08. The van der Waals surface area contributed by atoms with Gasteiger partial charge in [-0.3, -0.25) is 0 Å². The molecule has 1 aromatic rings. The summed E-state index contributed by atoms with van der Waals surface area (Å²) in [7, 11) is -1.96. The largest absolute Gasteiger partial charge is 0.249 e. The summed E-state index contributed by atoms with van der Waals surface area (Å²) >= 11 is 6.64. The first-order valence-electron chi connectivity index (χ1n) is 4.13. The van der Waals surface area contributed by atoms with Gasteiger partial charge in [0.25, 0.3) is 0 Å². The smallest absolute Gasteiger partial charge is 0.175 e. The standard InChI is InChI=1S/C8H8Br2N2OS/c9-6-4-7(10)8(11-5-6)12-14(13)2-1-3-14/h4-5H,1-3H2. The number of pyridine rings is 1. The lowest BCUT2D eigenvalue weighted by Crippen LogP contribution is -2.23. The third-order valence-corrected chi connectivity index (χ3v) is 5.34. The predicted octanol–water partition coefficient (Wildman–Crippen LogP) is 3.11. The summed E-state index contributed by atoms with van der Waals surface area (Å²) in [6.07, 6.45) is 2.67. The second-order valence-corrected chi connectivity index (χ2v) is 7.40. The molecule has 1 saturated heterocycles. The Bertz CT molecular complexity index is 470. The molecule has 3 nitrogen and oxygen atoms in total. The second kappa shape index (κ2) is 3.90. The molecule has 0 radical (unpaired) electrons. The van der Waals surface area contributed by atoms with Crippen molar-refractivity contribution < 1.29 is 4.21 Å². The van der Waals surface area contributed by atoms with Crippen molar-refractivity contribution in [1.29, 1.82) is 0 Å². The van der Waals surface area contributed by atoms with Gasteiger partial charge in [0.2, 0.25) is 0 Å². The third-order valence-electron chi connectivity index (χ3n) is 1.97. The molecule has 2 heterocycles. The SMILES string of the molecule is O=S1(=Nc2ncc(Br)cc2Br)CCC1. The van der Waals surface area contributed by atoms with Crippen LogP contribution in [-0.2, 0) is 9.73 Å². The van der Waals surface area contributed by atoms with Gasteiger partial charge >= 0.3 is 0 Å². The Morgan fingerprint density at radius 1 is 1.43 bits per heavy atom. The molecule has 2 rings (SSSR count). The van der Waals surface area contributed by atoms with E-state index in [1.54, 1.807) is 6.20 Å². The molecule has 0 saturated carbocycles. The molecule has 1 aliphatic heterocycles. The van der Waals surface area contributed by atoms with Crippen LogP contribution in [0.15, 0.2) is 25.6 Å². The molecule has 0 bridgehead atoms. The van der Waals surface area contributed by atoms with Gasteiger partial charge in [-0.05, 0) is 44.3 Å². The van der Waals surface area contributed by atoms with Crippen LogP contribution in [0.25, 0.3) is 0 Å². The van der Waals surface area contributed by atoms with E-state index in [1.165, 1.54) is 0 Å². The van der Waals surface area contributed by atoms with Crippen molar-refractivity contribution in [3.05, 3.63) is 21.2 Å². The molecule has 0 spiro atoms. The van der Waals surface area contributed by atoms with Crippen LogP contribution in [0.1, 0.15) is 6.42 Å². The van der Waals surface area contributed by atoms with Crippen molar-refractivity contribution in [2.75, 3.05) is 11.5 Å². The zero-order valence-electron chi connectivity index (χ0n) is 7.24. The molecule has 0 N–H and O–H groups in total. The summed E-state index contributed by atoms with van der Waals surface area (Å²) in [5.41, 5.74) is 0. The highest BCUT2D eigenvalue weighted by Gasteiger charge is 2.20. The molecular weight excluding hydrogens is 332 g/mol. The van der Waals surface area contributed by atoms with Crippen molar-refractivity contribution in [3.8, 4) is 0 Å². The van der Waals surface area contributed by atoms with E-state index in [-0.39, 0.29) is 0 Å². The molecule has 0 amide bonds. The first-order valence-corrected chi connectivity index (χ1v) is 7.57. The number of hydrogen-bond donors (Lipinski definition) is 0. The van der Waals surface area contributed by atoms with E-state index < -0.39 is 9.73 Å². The Balaban J connectivity index is 2.43. The van der Waals surface area contributed by atoms with Crippen molar-refractivity contribution in [2.24, 2.45) is 4.36 Å². The van der Waals surface area contributed by atoms with Gasteiger partial charge < -0.3 is 0 Å². The predicted molar refractivity (Wildman–Crippen MR) is 64.2 cm³/mol. The number of hydrogen-bond acceptors (Lipinski definition) is 3. The van der Waals surface area contributed by atoms with Crippen molar-refractivity contribution in [3.63, 3.8) is 0 Å². The number of nitrogens with zero attached hydrogens (tertiary/aromatic N) is 2. The average Bonchev–Trinajstić information content (AvgIpc) is 2.07. The zero-order valence-corrected chi connectivity index (χ0v) is 11.2. The highest BCUT2D eigenvalue weighted by molar-refractivity contribution is 9.11. The zero-order chi connectivity index (χ0) is 10.2. The fourth-order valence-electron chi connectivity index (χ4n) is 1.11. The van der Waals surface area contributed by atoms with E-state index in [9.17, 15) is 4.21 Å². The molecule has 14 heavy (non-hydrogen) atoms. The van der Waals surface area contributed by atoms with Gasteiger partial charge in [-0.25, -0.2) is 9.19 Å². The molecular formula is C8H8Br2N2OS. The summed E-state index contributed by atoms with van der Waals surface area (Å²) in [6.45, 7) is 0. The van der Waals surface area contributed by atoms with Gasteiger partial charge in [0, 0.05) is 22.2 Å². The minimum Gasteiger partial charge on any atom is -0.249 e. The van der Waals surface area contributed by atoms with Gasteiger partial charge in [0.05, 0.1) is 14.2 Å². The minimum atomic E-state index is -1.96. The lowest BCUT2D eigenvalue weighted by molar-refractivity contribution is 0.663. The first kappa shape index (κ1) is 10.6. The lowest BCUT2D eigenvalue weighted by atomic mass is 10.5. The fourth-order valence-corrected chi connectivity index (χ4v) is 3.73. The van der Waals surface area contributed by atoms with Gasteiger partial charge in [-0.2, -0.15) is 4.36 Å². The van der Waals surface area contributed by atoms with Crippen molar-refractivity contribution >= 4 is 47.4 Å². The Morgan fingerprint density at radius 2 is 2.14 bits per heavy atom. The van der Waals surface area contributed by atoms with Crippen LogP contribution in [0.3, 0.4) is 0 Å². The van der Waals surface area contributed by atoms with E-state index >= 15 is 0 Å². The maximum atomic E-state index is 11.8. The molecule has 1 aromatic heterocycles. The van der Waals surface area contributed by atoms with E-state index in [1.807, 2.05) is 6.07 Å². The Morgan fingerprint density at radius 3 is 2.64 bits per heavy atom. The molecule has 1 fully saturated rings. The van der Waals surface area contributed by atoms with Crippen molar-refractivity contribution in [2.45, 2.75) is 6.42 Å². The highest BCUT2D eigenvalue weighted by Crippen LogP contribution is 2.28. The Labute approximate surface area is 99.8 Å². The topological polar surface area (TPSA) is 42.3 Å². The van der Waals surface area contributed by atoms with Crippen LogP contribution in [0, 0.1) is 0 Å². The monoisotopic (exact) mass is 338 g/mol. The van der Waals surface area contributed by atoms with Crippen LogP contribution >= 0.6 is 31.9 Å². The number of rotatable bonds is 1. The van der Waals surface area contributed by atoms with Crippen molar-refractivity contribution in [1.82, 2.24) is 4.98 Å². The summed E-state index contributed by atoms with van der Waals surface area (Å²) < 4.78 is 17.7. The number of aromatic nitrogens is 1. The first-order chi connectivity index (χ1) is 6.59. The van der Waals surface area contributed by atoms with E-state index in [0.29, 0.717) is 17.3 Å². The summed E-state index contributed by atoms with van der Waals surface area (Å²) in [5, 5.41) is 0. The van der Waals surface area contributed by atoms with Crippen LogP contribution in [0.2, 0.25) is 0 Å². The van der Waals surface area contributed by atoms with E-state index in [0.717, 1.165) is 15.4 Å². The van der Waals surface area contributed by atoms with Gasteiger partial charge in [-0.15, -0.1) is 0 Å². The maximum absolute atomic E-state index is 11.8. The van der Waals surface area contributed by atoms with E-state index in [2.05, 4.69) is 41.2 Å². The molecule has 0 aromatic carbocycles. The Hall–Kier alpha value is 0.0600. The van der Waals surface area contributed by atoms with E-state index in [4.69, 9.17) is 0 Å².